The highest BCUT2D eigenvalue weighted by Gasteiger charge is 2.54. The number of carbonyl (C=O) groups excluding carboxylic acids is 5. The average molecular weight is 983 g/mol. The molecular weight excluding hydrogens is 933 g/mol. The number of rotatable bonds is 16. The number of hydrogen-bond acceptors (Lipinski definition) is 13. The first-order chi connectivity index (χ1) is 33.6. The summed E-state index contributed by atoms with van der Waals surface area (Å²) in [7, 11) is 1.30. The van der Waals surface area contributed by atoms with E-state index in [1.807, 2.05) is 18.2 Å². The van der Waals surface area contributed by atoms with Crippen molar-refractivity contribution >= 4 is 59.1 Å². The van der Waals surface area contributed by atoms with Gasteiger partial charge in [0.1, 0.15) is 49.6 Å². The number of nitrogens with zero attached hydrogens (tertiary/aromatic N) is 1. The summed E-state index contributed by atoms with van der Waals surface area (Å²) in [5.41, 5.74) is 2.34. The molecule has 9 atom stereocenters. The summed E-state index contributed by atoms with van der Waals surface area (Å²) in [6.07, 6.45) is -11.5. The van der Waals surface area contributed by atoms with Gasteiger partial charge in [-0.15, -0.1) is 23.2 Å². The molecule has 0 aromatic heterocycles. The lowest BCUT2D eigenvalue weighted by Crippen LogP contribution is -2.68. The van der Waals surface area contributed by atoms with Gasteiger partial charge >= 0.3 is 30.2 Å². The lowest BCUT2D eigenvalue weighted by Gasteiger charge is -2.47. The van der Waals surface area contributed by atoms with Crippen molar-refractivity contribution in [2.24, 2.45) is 4.99 Å². The number of ether oxygens (including phenoxy) is 8. The third kappa shape index (κ3) is 13.9. The van der Waals surface area contributed by atoms with Gasteiger partial charge in [-0.05, 0) is 41.0 Å². The Hall–Kier alpha value is -6.82. The van der Waals surface area contributed by atoms with Crippen LogP contribution in [0, 0.1) is 0 Å². The minimum atomic E-state index is -1.60. The maximum atomic E-state index is 13.9. The smallest absolute Gasteiger partial charge is 0.433 e. The summed E-state index contributed by atoms with van der Waals surface area (Å²) < 4.78 is 48.2. The summed E-state index contributed by atoms with van der Waals surface area (Å²) in [6.45, 7) is -0.377. The van der Waals surface area contributed by atoms with E-state index in [4.69, 9.17) is 61.1 Å². The molecule has 1 aliphatic heterocycles. The topological polar surface area (TPSA) is 196 Å². The number of methoxy groups -OCH3 is 1. The summed E-state index contributed by atoms with van der Waals surface area (Å²) >= 11 is 13.4. The monoisotopic (exact) mass is 981 g/mol. The number of carbonyl (C=O) groups is 5. The number of alkyl halides is 2. The number of esters is 2. The molecule has 1 saturated carbocycles. The van der Waals surface area contributed by atoms with Gasteiger partial charge in [0, 0.05) is 13.5 Å². The Morgan fingerprint density at radius 2 is 1.07 bits per heavy atom. The largest absolute Gasteiger partial charge is 0.455 e. The summed E-state index contributed by atoms with van der Waals surface area (Å²) in [5.74, 6) is -1.83. The Bertz CT molecular complexity index is 2490. The van der Waals surface area contributed by atoms with Crippen molar-refractivity contribution in [3.05, 3.63) is 179 Å². The Morgan fingerprint density at radius 1 is 0.609 bits per heavy atom. The molecule has 2 N–H and O–H groups in total. The fraction of sp³-hybridized carbons (Fsp3) is 0.294. The number of aliphatic imine (C=N–C) groups is 1. The number of amides is 3. The van der Waals surface area contributed by atoms with Crippen molar-refractivity contribution in [2.75, 3.05) is 13.0 Å². The van der Waals surface area contributed by atoms with Crippen molar-refractivity contribution < 1.29 is 61.9 Å². The van der Waals surface area contributed by atoms with E-state index in [1.54, 1.807) is 121 Å². The molecule has 360 valence electrons. The van der Waals surface area contributed by atoms with Crippen molar-refractivity contribution in [1.82, 2.24) is 10.6 Å². The fourth-order valence-electron chi connectivity index (χ4n) is 7.64. The molecule has 69 heavy (non-hydrogen) atoms. The lowest BCUT2D eigenvalue weighted by molar-refractivity contribution is -0.263. The van der Waals surface area contributed by atoms with Gasteiger partial charge in [-0.25, -0.2) is 24.0 Å². The van der Waals surface area contributed by atoms with E-state index in [0.29, 0.717) is 16.7 Å². The van der Waals surface area contributed by atoms with Gasteiger partial charge in [0.15, 0.2) is 12.4 Å². The Morgan fingerprint density at radius 3 is 1.57 bits per heavy atom. The molecule has 2 fully saturated rings. The van der Waals surface area contributed by atoms with Crippen LogP contribution in [0.15, 0.2) is 157 Å². The van der Waals surface area contributed by atoms with E-state index >= 15 is 0 Å². The molecular formula is C51H49Cl2N3O13. The molecule has 0 unspecified atom stereocenters. The standard InChI is InChI=1S/C51H49Cl2N3O13/c1-62-45-42(67-46(57)35-23-13-5-14-24-35)37(54-49(59)63-29-32-17-7-2-8-18-32)27-38(55-50(60)64-30-33-19-9-3-10-20-33)43(45)69-48-41(56-51(61)65-31-34-21-11-4-12-22-34)44(40(53)39(28-52)66-48)68-47(58)36-25-15-6-16-26-36/h2-26,38-45,48H,27-31H2,1H3,(H,55,60)(H,56,61)/b54-37+/t38-,39+,40+,41+,42-,43+,44-,45+,48+/m0/s1. The zero-order valence-corrected chi connectivity index (χ0v) is 38.7. The highest BCUT2D eigenvalue weighted by molar-refractivity contribution is 6.23. The molecule has 18 heteroatoms. The molecule has 16 nitrogen and oxygen atoms in total. The minimum Gasteiger partial charge on any atom is -0.455 e. The molecule has 1 aliphatic carbocycles. The molecule has 3 amide bonds. The number of alkyl carbamates (subject to hydrolysis) is 2. The second kappa shape index (κ2) is 25.0. The minimum absolute atomic E-state index is 0.0599. The maximum absolute atomic E-state index is 13.9. The normalized spacial score (nSPS) is 23.7. The Kier molecular flexibility index (Phi) is 18.1. The Balaban J connectivity index is 1.26. The highest BCUT2D eigenvalue weighted by atomic mass is 35.5. The van der Waals surface area contributed by atoms with Gasteiger partial charge in [-0.3, -0.25) is 0 Å². The average Bonchev–Trinajstić information content (AvgIpc) is 3.38. The molecule has 2 aliphatic rings. The van der Waals surface area contributed by atoms with E-state index in [9.17, 15) is 24.0 Å². The van der Waals surface area contributed by atoms with Crippen LogP contribution in [0.3, 0.4) is 0 Å². The molecule has 1 heterocycles. The highest BCUT2D eigenvalue weighted by Crippen LogP contribution is 2.35. The van der Waals surface area contributed by atoms with Crippen LogP contribution >= 0.6 is 23.2 Å². The van der Waals surface area contributed by atoms with Gasteiger partial charge in [0.25, 0.3) is 0 Å². The zero-order chi connectivity index (χ0) is 48.5. The van der Waals surface area contributed by atoms with Crippen LogP contribution in [-0.4, -0.2) is 103 Å². The second-order valence-electron chi connectivity index (χ2n) is 15.8. The van der Waals surface area contributed by atoms with E-state index in [0.717, 1.165) is 0 Å². The molecule has 0 bridgehead atoms. The van der Waals surface area contributed by atoms with E-state index in [2.05, 4.69) is 15.6 Å². The number of halogens is 2. The van der Waals surface area contributed by atoms with Crippen LogP contribution < -0.4 is 10.6 Å². The number of hydrogen-bond donors (Lipinski definition) is 2. The van der Waals surface area contributed by atoms with E-state index in [-0.39, 0.29) is 49.0 Å². The first-order valence-corrected chi connectivity index (χ1v) is 22.9. The third-order valence-corrected chi connectivity index (χ3v) is 11.9. The third-order valence-electron chi connectivity index (χ3n) is 11.1. The summed E-state index contributed by atoms with van der Waals surface area (Å²) in [6, 6.07) is 40.3. The molecule has 7 rings (SSSR count). The molecule has 5 aromatic rings. The van der Waals surface area contributed by atoms with Crippen molar-refractivity contribution in [3.63, 3.8) is 0 Å². The molecule has 5 aromatic carbocycles. The second-order valence-corrected chi connectivity index (χ2v) is 16.6. The molecule has 0 spiro atoms. The first-order valence-electron chi connectivity index (χ1n) is 21.9. The molecule has 1 saturated heterocycles. The Labute approximate surface area is 408 Å². The van der Waals surface area contributed by atoms with Crippen LogP contribution in [0.4, 0.5) is 14.4 Å². The van der Waals surface area contributed by atoms with Crippen molar-refractivity contribution in [2.45, 2.75) is 80.5 Å². The number of benzene rings is 5. The molecule has 0 radical (unpaired) electrons. The van der Waals surface area contributed by atoms with Crippen molar-refractivity contribution in [1.29, 1.82) is 0 Å². The van der Waals surface area contributed by atoms with Crippen LogP contribution in [0.2, 0.25) is 0 Å². The van der Waals surface area contributed by atoms with Gasteiger partial charge in [0.05, 0.1) is 34.9 Å². The predicted octanol–water partition coefficient (Wildman–Crippen LogP) is 8.18. The quantitative estimate of drug-likeness (QED) is 0.0546. The van der Waals surface area contributed by atoms with Crippen molar-refractivity contribution in [3.8, 4) is 0 Å². The van der Waals surface area contributed by atoms with Crippen LogP contribution in [0.1, 0.15) is 43.8 Å². The van der Waals surface area contributed by atoms with Gasteiger partial charge in [-0.1, -0.05) is 127 Å². The lowest BCUT2D eigenvalue weighted by atomic mass is 9.85. The van der Waals surface area contributed by atoms with Gasteiger partial charge in [-0.2, -0.15) is 4.99 Å². The van der Waals surface area contributed by atoms with Crippen LogP contribution in [0.5, 0.6) is 0 Å². The first kappa shape index (κ1) is 50.1. The van der Waals surface area contributed by atoms with Crippen LogP contribution in [-0.2, 0) is 57.7 Å². The van der Waals surface area contributed by atoms with E-state index in [1.165, 1.54) is 19.2 Å². The SMILES string of the molecule is CO[C@H]1[C@H](O[C@H]2O[C@H](CCl)[C@@H](Cl)[C@H](OC(=O)c3ccccc3)[C@H]2NC(=O)OCc2ccccc2)[C@@H](NC(=O)OCc2ccccc2)C/C(=N\C(=O)OCc2ccccc2)[C@@H]1OC(=O)c1ccccc1. The summed E-state index contributed by atoms with van der Waals surface area (Å²) in [4.78, 5) is 72.9. The van der Waals surface area contributed by atoms with Gasteiger partial charge < -0.3 is 48.5 Å². The van der Waals surface area contributed by atoms with Gasteiger partial charge in [0.2, 0.25) is 0 Å². The van der Waals surface area contributed by atoms with E-state index < -0.39 is 84.5 Å². The maximum Gasteiger partial charge on any atom is 0.433 e. The van der Waals surface area contributed by atoms with Crippen LogP contribution in [0.25, 0.3) is 0 Å². The zero-order valence-electron chi connectivity index (χ0n) is 37.2. The number of nitrogens with one attached hydrogen (secondary N) is 2. The predicted molar refractivity (Wildman–Crippen MR) is 252 cm³/mol. The fourth-order valence-corrected chi connectivity index (χ4v) is 8.36. The summed E-state index contributed by atoms with van der Waals surface area (Å²) in [5, 5.41) is 4.37.